The summed E-state index contributed by atoms with van der Waals surface area (Å²) in [6.07, 6.45) is -1.39. The molecular formula is C10H10O5. The number of carbonyl (C=O) groups excluding carboxylic acids is 1. The van der Waals surface area contributed by atoms with E-state index in [-0.39, 0.29) is 16.9 Å². The van der Waals surface area contributed by atoms with Crippen LogP contribution in [0.2, 0.25) is 0 Å². The number of benzene rings is 1. The molecule has 1 aliphatic heterocycles. The highest BCUT2D eigenvalue weighted by atomic mass is 16.6. The number of aromatic hydroxyl groups is 1. The summed E-state index contributed by atoms with van der Waals surface area (Å²) in [5.41, 5.74) is 0.838. The second-order valence-corrected chi connectivity index (χ2v) is 3.27. The van der Waals surface area contributed by atoms with Gasteiger partial charge in [0, 0.05) is 11.6 Å². The van der Waals surface area contributed by atoms with E-state index in [0.29, 0.717) is 11.3 Å². The lowest BCUT2D eigenvalue weighted by Crippen LogP contribution is -1.99. The molecule has 1 aliphatic rings. The fourth-order valence-electron chi connectivity index (χ4n) is 1.71. The van der Waals surface area contributed by atoms with E-state index in [1.54, 1.807) is 6.92 Å². The molecule has 5 heteroatoms. The molecular weight excluding hydrogens is 200 g/mol. The normalized spacial score (nSPS) is 18.6. The third-order valence-corrected chi connectivity index (χ3v) is 2.45. The number of phenolic OH excluding ortho intramolecular Hbond substituents is 1. The minimum absolute atomic E-state index is 0.110. The van der Waals surface area contributed by atoms with Crippen LogP contribution in [-0.4, -0.2) is 23.3 Å². The van der Waals surface area contributed by atoms with Gasteiger partial charge in [-0.05, 0) is 6.92 Å². The van der Waals surface area contributed by atoms with E-state index in [4.69, 9.17) is 4.74 Å². The topological polar surface area (TPSA) is 76.0 Å². The van der Waals surface area contributed by atoms with Crippen molar-refractivity contribution in [2.24, 2.45) is 0 Å². The van der Waals surface area contributed by atoms with E-state index in [9.17, 15) is 15.0 Å². The predicted octanol–water partition coefficient (Wildman–Crippen LogP) is 0.871. The first-order valence-electron chi connectivity index (χ1n) is 4.35. The van der Waals surface area contributed by atoms with Crippen molar-refractivity contribution >= 4 is 5.97 Å². The first kappa shape index (κ1) is 9.79. The molecule has 0 unspecified atom stereocenters. The Bertz CT molecular complexity index is 438. The maximum Gasteiger partial charge on any atom is 0.341 e. The predicted molar refractivity (Wildman–Crippen MR) is 49.8 cm³/mol. The first-order valence-corrected chi connectivity index (χ1v) is 4.35. The molecule has 1 atom stereocenters. The van der Waals surface area contributed by atoms with E-state index in [2.05, 4.69) is 4.74 Å². The van der Waals surface area contributed by atoms with Crippen LogP contribution in [0.1, 0.15) is 27.8 Å². The van der Waals surface area contributed by atoms with Crippen LogP contribution in [0.3, 0.4) is 0 Å². The van der Waals surface area contributed by atoms with Gasteiger partial charge in [-0.25, -0.2) is 4.79 Å². The highest BCUT2D eigenvalue weighted by Gasteiger charge is 2.35. The van der Waals surface area contributed by atoms with Crippen LogP contribution in [0.5, 0.6) is 11.5 Å². The van der Waals surface area contributed by atoms with Crippen molar-refractivity contribution < 1.29 is 24.5 Å². The number of methoxy groups -OCH3 is 1. The molecule has 0 saturated carbocycles. The van der Waals surface area contributed by atoms with E-state index < -0.39 is 12.3 Å². The summed E-state index contributed by atoms with van der Waals surface area (Å²) in [5, 5.41) is 19.0. The average molecular weight is 210 g/mol. The van der Waals surface area contributed by atoms with Gasteiger partial charge in [-0.15, -0.1) is 0 Å². The maximum absolute atomic E-state index is 11.4. The van der Waals surface area contributed by atoms with Crippen molar-refractivity contribution in [3.63, 3.8) is 0 Å². The Balaban J connectivity index is 2.74. The van der Waals surface area contributed by atoms with Crippen molar-refractivity contribution in [1.82, 2.24) is 0 Å². The average Bonchev–Trinajstić information content (AvgIpc) is 2.48. The molecule has 1 aromatic rings. The fourth-order valence-corrected chi connectivity index (χ4v) is 1.71. The van der Waals surface area contributed by atoms with E-state index >= 15 is 0 Å². The summed E-state index contributed by atoms with van der Waals surface area (Å²) in [6.45, 7) is 1.66. The van der Waals surface area contributed by atoms with Crippen molar-refractivity contribution in [2.75, 3.05) is 7.11 Å². The van der Waals surface area contributed by atoms with Crippen molar-refractivity contribution in [1.29, 1.82) is 0 Å². The monoisotopic (exact) mass is 210 g/mol. The molecule has 1 aromatic carbocycles. The van der Waals surface area contributed by atoms with Crippen LogP contribution in [0.25, 0.3) is 0 Å². The summed E-state index contributed by atoms with van der Waals surface area (Å²) in [7, 11) is 1.44. The van der Waals surface area contributed by atoms with Gasteiger partial charge in [0.25, 0.3) is 0 Å². The standard InChI is InChI=1S/C10H10O5/c1-4-6(14-2)3-5(11)8-7(4)9(12)15-10(8)13/h3,10-11,13H,1-2H3/t10-/m0/s1. The lowest BCUT2D eigenvalue weighted by Gasteiger charge is -2.09. The second kappa shape index (κ2) is 3.13. The zero-order valence-electron chi connectivity index (χ0n) is 8.27. The van der Waals surface area contributed by atoms with Crippen molar-refractivity contribution in [3.05, 3.63) is 22.8 Å². The van der Waals surface area contributed by atoms with Crippen LogP contribution < -0.4 is 4.74 Å². The molecule has 0 bridgehead atoms. The number of hydrogen-bond donors (Lipinski definition) is 2. The molecule has 0 aromatic heterocycles. The Kier molecular flexibility index (Phi) is 2.04. The van der Waals surface area contributed by atoms with E-state index in [0.717, 1.165) is 0 Å². The molecule has 15 heavy (non-hydrogen) atoms. The number of rotatable bonds is 1. The molecule has 0 aliphatic carbocycles. The molecule has 80 valence electrons. The lowest BCUT2D eigenvalue weighted by molar-refractivity contribution is -0.0555. The Morgan fingerprint density at radius 2 is 2.20 bits per heavy atom. The van der Waals surface area contributed by atoms with Crippen molar-refractivity contribution in [2.45, 2.75) is 13.2 Å². The molecule has 0 radical (unpaired) electrons. The number of hydrogen-bond acceptors (Lipinski definition) is 5. The number of cyclic esters (lactones) is 1. The molecule has 2 rings (SSSR count). The van der Waals surface area contributed by atoms with Crippen LogP contribution in [0, 0.1) is 6.92 Å². The van der Waals surface area contributed by atoms with Gasteiger partial charge >= 0.3 is 5.97 Å². The summed E-state index contributed by atoms with van der Waals surface area (Å²) in [4.78, 5) is 11.4. The number of aliphatic hydroxyl groups excluding tert-OH is 1. The molecule has 2 N–H and O–H groups in total. The van der Waals surface area contributed by atoms with Gasteiger partial charge in [-0.1, -0.05) is 0 Å². The SMILES string of the molecule is COc1cc(O)c2c(c1C)C(=O)O[C@@H]2O. The summed E-state index contributed by atoms with van der Waals surface area (Å²) >= 11 is 0. The van der Waals surface area contributed by atoms with Gasteiger partial charge in [0.1, 0.15) is 11.5 Å². The Morgan fingerprint density at radius 3 is 2.80 bits per heavy atom. The third-order valence-electron chi connectivity index (χ3n) is 2.45. The van der Waals surface area contributed by atoms with Gasteiger partial charge in [-0.3, -0.25) is 0 Å². The van der Waals surface area contributed by atoms with Crippen LogP contribution in [0.15, 0.2) is 6.07 Å². The fraction of sp³-hybridized carbons (Fsp3) is 0.300. The minimum atomic E-state index is -1.39. The molecule has 0 saturated heterocycles. The minimum Gasteiger partial charge on any atom is -0.507 e. The number of carbonyl (C=O) groups is 1. The van der Waals surface area contributed by atoms with Gasteiger partial charge < -0.3 is 19.7 Å². The largest absolute Gasteiger partial charge is 0.507 e. The Hall–Kier alpha value is -1.75. The highest BCUT2D eigenvalue weighted by Crippen LogP contribution is 2.41. The molecule has 1 heterocycles. The summed E-state index contributed by atoms with van der Waals surface area (Å²) in [6, 6.07) is 1.35. The summed E-state index contributed by atoms with van der Waals surface area (Å²) in [5.74, 6) is -0.465. The van der Waals surface area contributed by atoms with Gasteiger partial charge in [-0.2, -0.15) is 0 Å². The number of esters is 1. The third kappa shape index (κ3) is 1.24. The number of aliphatic hydroxyl groups is 1. The van der Waals surface area contributed by atoms with Crippen molar-refractivity contribution in [3.8, 4) is 11.5 Å². The lowest BCUT2D eigenvalue weighted by atomic mass is 10.0. The maximum atomic E-state index is 11.4. The highest BCUT2D eigenvalue weighted by molar-refractivity contribution is 5.97. The molecule has 0 spiro atoms. The molecule has 5 nitrogen and oxygen atoms in total. The van der Waals surface area contributed by atoms with Gasteiger partial charge in [0.2, 0.25) is 6.29 Å². The van der Waals surface area contributed by atoms with Crippen LogP contribution >= 0.6 is 0 Å². The molecule has 0 fully saturated rings. The number of phenols is 1. The van der Waals surface area contributed by atoms with Crippen LogP contribution in [0.4, 0.5) is 0 Å². The number of ether oxygens (including phenoxy) is 2. The van der Waals surface area contributed by atoms with Gasteiger partial charge in [0.15, 0.2) is 0 Å². The molecule has 0 amide bonds. The first-order chi connectivity index (χ1) is 7.06. The van der Waals surface area contributed by atoms with Crippen LogP contribution in [-0.2, 0) is 4.74 Å². The Labute approximate surface area is 85.9 Å². The summed E-state index contributed by atoms with van der Waals surface area (Å²) < 4.78 is 9.58. The number of fused-ring (bicyclic) bond motifs is 1. The smallest absolute Gasteiger partial charge is 0.341 e. The quantitative estimate of drug-likeness (QED) is 0.672. The van der Waals surface area contributed by atoms with E-state index in [1.165, 1.54) is 13.2 Å². The van der Waals surface area contributed by atoms with E-state index in [1.807, 2.05) is 0 Å². The Morgan fingerprint density at radius 1 is 1.53 bits per heavy atom. The van der Waals surface area contributed by atoms with Gasteiger partial charge in [0.05, 0.1) is 18.2 Å². The second-order valence-electron chi connectivity index (χ2n) is 3.27. The zero-order valence-corrected chi connectivity index (χ0v) is 8.27. The zero-order chi connectivity index (χ0) is 11.2.